The summed E-state index contributed by atoms with van der Waals surface area (Å²) < 4.78 is 80.2. The highest BCUT2D eigenvalue weighted by Gasteiger charge is 2.31. The van der Waals surface area contributed by atoms with Crippen LogP contribution in [0.15, 0.2) is 49.6 Å². The summed E-state index contributed by atoms with van der Waals surface area (Å²) in [5.41, 5.74) is 2.31. The number of halogens is 6. The monoisotopic (exact) mass is 880 g/mol. The fraction of sp³-hybridized carbons (Fsp3) is 0.550. The highest BCUT2D eigenvalue weighted by atomic mass is 32.1. The fourth-order valence-corrected chi connectivity index (χ4v) is 9.58. The van der Waals surface area contributed by atoms with Crippen LogP contribution in [0.25, 0.3) is 20.4 Å². The number of hydrogen-bond donors (Lipinski definition) is 2. The Morgan fingerprint density at radius 1 is 0.617 bits per heavy atom. The predicted octanol–water partition coefficient (Wildman–Crippen LogP) is 8.63. The van der Waals surface area contributed by atoms with E-state index in [0.29, 0.717) is 21.7 Å². The van der Waals surface area contributed by atoms with Crippen molar-refractivity contribution >= 4 is 54.7 Å². The Kier molecular flexibility index (Phi) is 15.9. The van der Waals surface area contributed by atoms with Crippen LogP contribution >= 0.6 is 22.7 Å². The van der Waals surface area contributed by atoms with E-state index in [1.54, 1.807) is 21.5 Å². The summed E-state index contributed by atoms with van der Waals surface area (Å²) in [5, 5.41) is 17.0. The highest BCUT2D eigenvalue weighted by Crippen LogP contribution is 2.36. The van der Waals surface area contributed by atoms with Crippen LogP contribution < -0.4 is 20.4 Å². The number of aromatic nitrogens is 8. The van der Waals surface area contributed by atoms with Gasteiger partial charge in [-0.2, -0.15) is 36.5 Å². The van der Waals surface area contributed by atoms with Crippen molar-refractivity contribution in [3.8, 4) is 0 Å². The van der Waals surface area contributed by atoms with Gasteiger partial charge in [0.1, 0.15) is 34.0 Å². The maximum absolute atomic E-state index is 12.8. The van der Waals surface area contributed by atoms with Crippen LogP contribution in [0.5, 0.6) is 0 Å². The molecule has 2 atom stereocenters. The van der Waals surface area contributed by atoms with Gasteiger partial charge in [0.15, 0.2) is 0 Å². The third-order valence-corrected chi connectivity index (χ3v) is 12.3. The molecule has 0 saturated carbocycles. The van der Waals surface area contributed by atoms with Gasteiger partial charge in [-0.15, -0.1) is 22.7 Å². The van der Waals surface area contributed by atoms with E-state index >= 15 is 0 Å². The van der Waals surface area contributed by atoms with Gasteiger partial charge in [-0.3, -0.25) is 9.36 Å². The molecular weight excluding hydrogens is 827 g/mol. The molecule has 0 spiro atoms. The Bertz CT molecular complexity index is 2090. The summed E-state index contributed by atoms with van der Waals surface area (Å²) in [5.74, 6) is 1.49. The molecule has 0 unspecified atom stereocenters. The molecule has 8 heterocycles. The number of nitrogens with zero attached hydrogens (tertiary/aromatic N) is 10. The molecule has 0 amide bonds. The summed E-state index contributed by atoms with van der Waals surface area (Å²) in [4.78, 5) is 23.3. The van der Waals surface area contributed by atoms with Gasteiger partial charge in [0, 0.05) is 98.7 Å². The zero-order chi connectivity index (χ0) is 40.9. The van der Waals surface area contributed by atoms with Gasteiger partial charge in [-0.25, -0.2) is 19.9 Å². The Balaban J connectivity index is 0.000000220. The molecule has 0 aromatic carbocycles. The van der Waals surface area contributed by atoms with Crippen molar-refractivity contribution in [3.05, 3.63) is 70.5 Å². The largest absolute Gasteiger partial charge is 0.393 e. The number of nitrogens with one attached hydrogen (secondary N) is 2. The second kappa shape index (κ2) is 20.4. The number of aryl methyl sites for hydroxylation is 2. The van der Waals surface area contributed by atoms with E-state index < -0.39 is 25.2 Å². The van der Waals surface area contributed by atoms with Gasteiger partial charge in [0.25, 0.3) is 0 Å². The van der Waals surface area contributed by atoms with E-state index in [4.69, 9.17) is 0 Å². The van der Waals surface area contributed by atoms with Crippen LogP contribution in [0.4, 0.5) is 38.0 Å². The average Bonchev–Trinajstić information content (AvgIpc) is 3.90. The first-order valence-electron chi connectivity index (χ1n) is 19.3. The van der Waals surface area contributed by atoms with Gasteiger partial charge < -0.3 is 20.4 Å². The van der Waals surface area contributed by atoms with Crippen molar-refractivity contribution in [3.63, 3.8) is 0 Å². The van der Waals surface area contributed by atoms with E-state index in [1.165, 1.54) is 12.7 Å². The second-order valence-electron chi connectivity index (χ2n) is 14.9. The van der Waals surface area contributed by atoms with E-state index in [-0.39, 0.29) is 24.6 Å². The molecule has 60 heavy (non-hydrogen) atoms. The zero-order valence-corrected chi connectivity index (χ0v) is 33.9. The normalized spacial score (nSPS) is 17.7. The fourth-order valence-electron chi connectivity index (χ4n) is 7.53. The van der Waals surface area contributed by atoms with Crippen LogP contribution in [-0.4, -0.2) is 90.1 Å². The van der Waals surface area contributed by atoms with Gasteiger partial charge in [-0.05, 0) is 50.7 Å². The summed E-state index contributed by atoms with van der Waals surface area (Å²) in [6.07, 6.45) is 6.35. The first-order chi connectivity index (χ1) is 27.7. The Morgan fingerprint density at radius 2 is 1.03 bits per heavy atom. The molecule has 2 fully saturated rings. The lowest BCUT2D eigenvalue weighted by molar-refractivity contribution is -0.127. The van der Waals surface area contributed by atoms with Crippen molar-refractivity contribution in [1.82, 2.24) is 50.1 Å². The Labute approximate surface area is 354 Å². The average molecular weight is 881 g/mol. The summed E-state index contributed by atoms with van der Waals surface area (Å²) in [6, 6.07) is 3.99. The van der Waals surface area contributed by atoms with Crippen molar-refractivity contribution in [2.45, 2.75) is 104 Å². The molecule has 2 aliphatic rings. The number of rotatable bonds is 10. The van der Waals surface area contributed by atoms with Gasteiger partial charge in [-0.1, -0.05) is 14.9 Å². The topological polar surface area (TPSA) is 118 Å². The number of anilines is 2. The van der Waals surface area contributed by atoms with Crippen LogP contribution in [0.2, 0.25) is 0 Å². The van der Waals surface area contributed by atoms with E-state index in [2.05, 4.69) is 50.6 Å². The highest BCUT2D eigenvalue weighted by molar-refractivity contribution is 7.19. The van der Waals surface area contributed by atoms with Crippen molar-refractivity contribution in [2.75, 3.05) is 36.0 Å². The van der Waals surface area contributed by atoms with Gasteiger partial charge in [0.05, 0.1) is 36.0 Å². The molecule has 0 aliphatic carbocycles. The zero-order valence-electron chi connectivity index (χ0n) is 32.2. The smallest absolute Gasteiger partial charge is 0.356 e. The van der Waals surface area contributed by atoms with Crippen LogP contribution in [-0.2, 0) is 40.0 Å². The minimum Gasteiger partial charge on any atom is -0.356 e. The number of fused-ring (bicyclic) bond motifs is 2. The maximum Gasteiger partial charge on any atom is 0.393 e. The quantitative estimate of drug-likeness (QED) is 0.130. The lowest BCUT2D eigenvalue weighted by atomic mass is 10.1. The molecule has 0 radical (unpaired) electrons. The van der Waals surface area contributed by atoms with Crippen LogP contribution in [0.3, 0.4) is 0 Å². The van der Waals surface area contributed by atoms with Crippen LogP contribution in [0.1, 0.15) is 74.3 Å². The van der Waals surface area contributed by atoms with Crippen molar-refractivity contribution in [2.24, 2.45) is 14.1 Å². The first-order valence-corrected chi connectivity index (χ1v) is 20.9. The third-order valence-electron chi connectivity index (χ3n) is 10.2. The summed E-state index contributed by atoms with van der Waals surface area (Å²) in [7, 11) is 3.81. The first kappa shape index (κ1) is 46.7. The summed E-state index contributed by atoms with van der Waals surface area (Å²) >= 11 is 2.20. The molecule has 2 saturated heterocycles. The number of hydrogen-bond acceptors (Lipinski definition) is 12. The van der Waals surface area contributed by atoms with Crippen molar-refractivity contribution in [1.29, 1.82) is 0 Å². The third kappa shape index (κ3) is 12.8. The van der Waals surface area contributed by atoms with E-state index in [1.807, 2.05) is 38.9 Å². The number of alkyl halides is 6. The molecule has 12 nitrogen and oxygen atoms in total. The molecule has 2 aliphatic heterocycles. The second-order valence-corrected chi connectivity index (χ2v) is 17.1. The Hall–Kier alpha value is -4.40. The number of thiophene rings is 2. The molecule has 328 valence electrons. The Morgan fingerprint density at radius 3 is 1.40 bits per heavy atom. The van der Waals surface area contributed by atoms with Gasteiger partial charge in [0.2, 0.25) is 0 Å². The van der Waals surface area contributed by atoms with E-state index in [0.717, 1.165) is 134 Å². The van der Waals surface area contributed by atoms with Crippen LogP contribution in [0, 0.1) is 0 Å². The minimum atomic E-state index is -4.22. The summed E-state index contributed by atoms with van der Waals surface area (Å²) in [6.45, 7) is 4.84. The van der Waals surface area contributed by atoms with E-state index in [9.17, 15) is 26.3 Å². The maximum atomic E-state index is 12.8. The molecule has 6 aromatic heterocycles. The lowest BCUT2D eigenvalue weighted by Crippen LogP contribution is -2.30. The van der Waals surface area contributed by atoms with Crippen molar-refractivity contribution < 1.29 is 26.3 Å². The molecular formula is C40H54F6N12S2. The lowest BCUT2D eigenvalue weighted by Gasteiger charge is -2.22. The molecule has 0 bridgehead atoms. The minimum absolute atomic E-state index is 0. The molecule has 6 aromatic rings. The molecule has 8 rings (SSSR count). The standard InChI is InChI=1S/2C19H23F3N6S.2CH4/c2*1-27-11-13(10-26-27)9-23-14-3-2-5-28(6-4-14)17-16-7-15(8-19(20,21)22)29-18(16)25-12-24-17;;/h2*7,10-12,14,23H,2-6,8-9H2,1H3;2*1H4/t2*14-;;/m10../s1. The SMILES string of the molecule is C.C.Cn1cc(CN[C@@H]2CCCN(c3ncnc4sc(CC(F)(F)F)cc34)CC2)cn1.Cn1cc(CN[C@H]2CCCN(c3ncnc4sc(CC(F)(F)F)cc34)CC2)cn1. The molecule has 2 N–H and O–H groups in total. The van der Waals surface area contributed by atoms with Gasteiger partial charge >= 0.3 is 12.4 Å². The molecule has 20 heteroatoms. The predicted molar refractivity (Wildman–Crippen MR) is 228 cm³/mol.